The number of amides is 2. The highest BCUT2D eigenvalue weighted by Crippen LogP contribution is 2.23. The first-order valence-electron chi connectivity index (χ1n) is 10.5. The lowest BCUT2D eigenvalue weighted by atomic mass is 10.1. The van der Waals surface area contributed by atoms with Crippen molar-refractivity contribution >= 4 is 23.4 Å². The molecule has 0 spiro atoms. The van der Waals surface area contributed by atoms with Gasteiger partial charge in [-0.3, -0.25) is 0 Å². The van der Waals surface area contributed by atoms with Gasteiger partial charge >= 0.3 is 12.6 Å². The number of carbonyl (C=O) groups excluding carboxylic acids is 1. The predicted molar refractivity (Wildman–Crippen MR) is 114 cm³/mol. The van der Waals surface area contributed by atoms with E-state index in [0.29, 0.717) is 31.9 Å². The maximum atomic E-state index is 12.6. The zero-order chi connectivity index (χ0) is 21.6. The molecule has 2 fully saturated rings. The van der Waals surface area contributed by atoms with Gasteiger partial charge in [-0.15, -0.1) is 0 Å². The molecule has 2 saturated heterocycles. The van der Waals surface area contributed by atoms with Crippen LogP contribution < -0.4 is 19.9 Å². The van der Waals surface area contributed by atoms with Crippen molar-refractivity contribution in [2.45, 2.75) is 25.9 Å². The number of anilines is 3. The fourth-order valence-electron chi connectivity index (χ4n) is 3.90. The van der Waals surface area contributed by atoms with Gasteiger partial charge in [0, 0.05) is 57.1 Å². The zero-order valence-corrected chi connectivity index (χ0v) is 17.2. The van der Waals surface area contributed by atoms with E-state index in [-0.39, 0.29) is 11.8 Å². The highest BCUT2D eigenvalue weighted by molar-refractivity contribution is 5.89. The summed E-state index contributed by atoms with van der Waals surface area (Å²) in [6.07, 6.45) is 5.24. The quantitative estimate of drug-likeness (QED) is 0.781. The van der Waals surface area contributed by atoms with Crippen molar-refractivity contribution in [3.05, 3.63) is 36.7 Å². The first-order valence-corrected chi connectivity index (χ1v) is 10.5. The summed E-state index contributed by atoms with van der Waals surface area (Å²) in [5.74, 6) is 1.83. The number of nitrogens with zero attached hydrogens (tertiary/aromatic N) is 5. The number of urea groups is 1. The second-order valence-corrected chi connectivity index (χ2v) is 7.59. The molecule has 0 aliphatic carbocycles. The second-order valence-electron chi connectivity index (χ2n) is 7.59. The molecule has 1 aromatic carbocycles. The number of alkyl halides is 2. The van der Waals surface area contributed by atoms with E-state index in [1.807, 2.05) is 6.07 Å². The highest BCUT2D eigenvalue weighted by atomic mass is 19.3. The second kappa shape index (κ2) is 9.76. The van der Waals surface area contributed by atoms with E-state index in [1.54, 1.807) is 23.4 Å². The molecular weight excluding hydrogens is 406 g/mol. The molecule has 4 rings (SSSR count). The third kappa shape index (κ3) is 5.50. The first-order chi connectivity index (χ1) is 15.1. The average Bonchev–Trinajstić information content (AvgIpc) is 2.80. The smallest absolute Gasteiger partial charge is 0.387 e. The first kappa shape index (κ1) is 21.1. The van der Waals surface area contributed by atoms with Crippen molar-refractivity contribution in [1.29, 1.82) is 0 Å². The molecule has 0 saturated carbocycles. The van der Waals surface area contributed by atoms with Crippen LogP contribution in [0.2, 0.25) is 0 Å². The summed E-state index contributed by atoms with van der Waals surface area (Å²) < 4.78 is 29.1. The number of hydrogen-bond donors (Lipinski definition) is 1. The monoisotopic (exact) mass is 432 g/mol. The zero-order valence-electron chi connectivity index (χ0n) is 17.2. The Kier molecular flexibility index (Phi) is 6.63. The third-order valence-corrected chi connectivity index (χ3v) is 5.52. The summed E-state index contributed by atoms with van der Waals surface area (Å²) in [5, 5.41) is 2.74. The Bertz CT molecular complexity index is 886. The minimum Gasteiger partial charge on any atom is -0.435 e. The SMILES string of the molecule is O=C(Nc1cccc(OC(F)F)c1)N1CCN(c2cc(N3CCCCC3)ncn2)CC1. The molecule has 8 nitrogen and oxygen atoms in total. The number of piperidine rings is 1. The van der Waals surface area contributed by atoms with Crippen LogP contribution in [0.3, 0.4) is 0 Å². The van der Waals surface area contributed by atoms with Gasteiger partial charge in [-0.05, 0) is 31.4 Å². The van der Waals surface area contributed by atoms with Crippen LogP contribution in [0.25, 0.3) is 0 Å². The summed E-state index contributed by atoms with van der Waals surface area (Å²) in [7, 11) is 0. The Balaban J connectivity index is 1.32. The van der Waals surface area contributed by atoms with Crippen molar-refractivity contribution in [2.75, 3.05) is 54.4 Å². The molecule has 2 amide bonds. The van der Waals surface area contributed by atoms with Crippen molar-refractivity contribution in [3.63, 3.8) is 0 Å². The molecule has 2 aliphatic heterocycles. The van der Waals surface area contributed by atoms with Gasteiger partial charge in [0.1, 0.15) is 23.7 Å². The van der Waals surface area contributed by atoms with Crippen LogP contribution in [0.1, 0.15) is 19.3 Å². The van der Waals surface area contributed by atoms with Crippen LogP contribution in [0.15, 0.2) is 36.7 Å². The van der Waals surface area contributed by atoms with Crippen molar-refractivity contribution in [2.24, 2.45) is 0 Å². The molecule has 0 bridgehead atoms. The van der Waals surface area contributed by atoms with Gasteiger partial charge in [-0.1, -0.05) is 6.07 Å². The summed E-state index contributed by atoms with van der Waals surface area (Å²) in [6.45, 7) is 1.50. The molecule has 1 N–H and O–H groups in total. The number of ether oxygens (including phenoxy) is 1. The van der Waals surface area contributed by atoms with E-state index >= 15 is 0 Å². The Morgan fingerprint density at radius 2 is 1.61 bits per heavy atom. The van der Waals surface area contributed by atoms with Crippen LogP contribution in [0.4, 0.5) is 30.9 Å². The van der Waals surface area contributed by atoms with Gasteiger partial charge in [0.05, 0.1) is 0 Å². The number of nitrogens with one attached hydrogen (secondary N) is 1. The van der Waals surface area contributed by atoms with E-state index in [9.17, 15) is 13.6 Å². The Labute approximate surface area is 179 Å². The molecule has 0 radical (unpaired) electrons. The third-order valence-electron chi connectivity index (χ3n) is 5.52. The molecule has 0 unspecified atom stereocenters. The summed E-state index contributed by atoms with van der Waals surface area (Å²) in [6, 6.07) is 7.74. The molecule has 10 heteroatoms. The topological polar surface area (TPSA) is 73.8 Å². The van der Waals surface area contributed by atoms with Gasteiger partial charge in [0.15, 0.2) is 0 Å². The van der Waals surface area contributed by atoms with Crippen LogP contribution in [0.5, 0.6) is 5.75 Å². The van der Waals surface area contributed by atoms with Gasteiger partial charge < -0.3 is 24.8 Å². The normalized spacial score (nSPS) is 17.1. The lowest BCUT2D eigenvalue weighted by Crippen LogP contribution is -2.50. The standard InChI is InChI=1S/C21H26F2N6O2/c22-20(23)31-17-6-4-5-16(13-17)26-21(30)29-11-9-28(10-12-29)19-14-18(24-15-25-19)27-7-2-1-3-8-27/h4-6,13-15,20H,1-3,7-12H2,(H,26,30). The van der Waals surface area contributed by atoms with Gasteiger partial charge in [0.2, 0.25) is 0 Å². The van der Waals surface area contributed by atoms with E-state index in [0.717, 1.165) is 24.7 Å². The molecule has 0 atom stereocenters. The number of piperazine rings is 1. The van der Waals surface area contributed by atoms with Crippen LogP contribution >= 0.6 is 0 Å². The molecule has 2 aromatic rings. The number of rotatable bonds is 5. The summed E-state index contributed by atoms with van der Waals surface area (Å²) >= 11 is 0. The van der Waals surface area contributed by atoms with Crippen molar-refractivity contribution < 1.29 is 18.3 Å². The van der Waals surface area contributed by atoms with Crippen LogP contribution in [-0.2, 0) is 0 Å². The average molecular weight is 432 g/mol. The van der Waals surface area contributed by atoms with Crippen LogP contribution in [-0.4, -0.2) is 66.8 Å². The summed E-state index contributed by atoms with van der Waals surface area (Å²) in [5.41, 5.74) is 0.410. The molecule has 1 aromatic heterocycles. The Morgan fingerprint density at radius 1 is 0.935 bits per heavy atom. The Morgan fingerprint density at radius 3 is 2.29 bits per heavy atom. The van der Waals surface area contributed by atoms with E-state index < -0.39 is 6.61 Å². The van der Waals surface area contributed by atoms with Crippen molar-refractivity contribution in [1.82, 2.24) is 14.9 Å². The predicted octanol–water partition coefficient (Wildman–Crippen LogP) is 3.42. The number of carbonyl (C=O) groups is 1. The van der Waals surface area contributed by atoms with E-state index in [2.05, 4.69) is 29.8 Å². The van der Waals surface area contributed by atoms with E-state index in [1.165, 1.54) is 31.4 Å². The molecule has 31 heavy (non-hydrogen) atoms. The largest absolute Gasteiger partial charge is 0.435 e. The molecule has 2 aliphatic rings. The Hall–Kier alpha value is -3.17. The van der Waals surface area contributed by atoms with Crippen LogP contribution in [0, 0.1) is 0 Å². The molecule has 166 valence electrons. The number of benzene rings is 1. The number of aromatic nitrogens is 2. The minimum atomic E-state index is -2.91. The highest BCUT2D eigenvalue weighted by Gasteiger charge is 2.23. The fraction of sp³-hybridized carbons (Fsp3) is 0.476. The lowest BCUT2D eigenvalue weighted by molar-refractivity contribution is -0.0498. The van der Waals surface area contributed by atoms with E-state index in [4.69, 9.17) is 0 Å². The maximum absolute atomic E-state index is 12.6. The minimum absolute atomic E-state index is 0.00545. The van der Waals surface area contributed by atoms with Gasteiger partial charge in [-0.25, -0.2) is 14.8 Å². The summed E-state index contributed by atoms with van der Waals surface area (Å²) in [4.78, 5) is 27.6. The van der Waals surface area contributed by atoms with Gasteiger partial charge in [-0.2, -0.15) is 8.78 Å². The lowest BCUT2D eigenvalue weighted by Gasteiger charge is -2.36. The maximum Gasteiger partial charge on any atom is 0.387 e. The van der Waals surface area contributed by atoms with Crippen molar-refractivity contribution in [3.8, 4) is 5.75 Å². The number of halogens is 2. The van der Waals surface area contributed by atoms with Gasteiger partial charge in [0.25, 0.3) is 0 Å². The fourth-order valence-corrected chi connectivity index (χ4v) is 3.90. The number of hydrogen-bond acceptors (Lipinski definition) is 6. The molecule has 3 heterocycles. The molecular formula is C21H26F2N6O2.